The third-order valence-electron chi connectivity index (χ3n) is 3.92. The summed E-state index contributed by atoms with van der Waals surface area (Å²) in [6.45, 7) is 3.89. The zero-order valence-electron chi connectivity index (χ0n) is 13.5. The number of hydrogen-bond donors (Lipinski definition) is 1. The second-order valence-corrected chi connectivity index (χ2v) is 5.40. The number of aryl methyl sites for hydroxylation is 2. The van der Waals surface area contributed by atoms with E-state index >= 15 is 0 Å². The Labute approximate surface area is 135 Å². The van der Waals surface area contributed by atoms with Crippen molar-refractivity contribution in [3.05, 3.63) is 59.4 Å². The molecule has 0 aliphatic rings. The molecule has 118 valence electrons. The maximum Gasteiger partial charge on any atom is 0.259 e. The lowest BCUT2D eigenvalue weighted by Gasteiger charge is -2.06. The molecule has 0 aliphatic heterocycles. The fourth-order valence-corrected chi connectivity index (χ4v) is 2.63. The lowest BCUT2D eigenvalue weighted by molar-refractivity contribution is 0.102. The van der Waals surface area contributed by atoms with Gasteiger partial charge in [0.05, 0.1) is 12.7 Å². The van der Waals surface area contributed by atoms with E-state index in [1.54, 1.807) is 14.0 Å². The molecule has 2 aromatic carbocycles. The number of carbonyl (C=O) groups excluding carboxylic acids is 1. The van der Waals surface area contributed by atoms with Crippen molar-refractivity contribution in [2.24, 2.45) is 0 Å². The Morgan fingerprint density at radius 2 is 1.91 bits per heavy atom. The van der Waals surface area contributed by atoms with E-state index in [9.17, 15) is 4.79 Å². The highest BCUT2D eigenvalue weighted by Crippen LogP contribution is 2.29. The van der Waals surface area contributed by atoms with Crippen LogP contribution < -0.4 is 10.1 Å². The first-order chi connectivity index (χ1) is 11.1. The van der Waals surface area contributed by atoms with Gasteiger partial charge in [0.2, 0.25) is 0 Å². The number of anilines is 1. The van der Waals surface area contributed by atoms with Crippen LogP contribution in [-0.2, 0) is 6.42 Å². The second kappa shape index (κ2) is 6.16. The van der Waals surface area contributed by atoms with Gasteiger partial charge in [0.25, 0.3) is 5.91 Å². The van der Waals surface area contributed by atoms with Crippen molar-refractivity contribution in [1.82, 2.24) is 0 Å². The van der Waals surface area contributed by atoms with Crippen LogP contribution in [0.25, 0.3) is 11.0 Å². The van der Waals surface area contributed by atoms with Crippen molar-refractivity contribution in [3.63, 3.8) is 0 Å². The molecule has 0 bridgehead atoms. The van der Waals surface area contributed by atoms with E-state index in [0.29, 0.717) is 22.7 Å². The van der Waals surface area contributed by atoms with E-state index in [4.69, 9.17) is 9.15 Å². The highest BCUT2D eigenvalue weighted by atomic mass is 16.5. The third-order valence-corrected chi connectivity index (χ3v) is 3.92. The monoisotopic (exact) mass is 309 g/mol. The lowest BCUT2D eigenvalue weighted by Crippen LogP contribution is -2.12. The topological polar surface area (TPSA) is 51.5 Å². The number of benzene rings is 2. The smallest absolute Gasteiger partial charge is 0.259 e. The van der Waals surface area contributed by atoms with Crippen molar-refractivity contribution < 1.29 is 13.9 Å². The molecule has 0 atom stereocenters. The standard InChI is InChI=1S/C19H19NO3/c1-4-13-5-7-14(8-6-13)20-19(21)18-12(2)23-17-10-9-15(22-3)11-16(17)18/h5-11H,4H2,1-3H3,(H,20,21). The van der Waals surface area contributed by atoms with E-state index in [2.05, 4.69) is 12.2 Å². The van der Waals surface area contributed by atoms with Gasteiger partial charge >= 0.3 is 0 Å². The van der Waals surface area contributed by atoms with Crippen LogP contribution in [0.4, 0.5) is 5.69 Å². The Bertz CT molecular complexity index is 847. The highest BCUT2D eigenvalue weighted by molar-refractivity contribution is 6.13. The minimum absolute atomic E-state index is 0.182. The molecule has 3 rings (SSSR count). The van der Waals surface area contributed by atoms with Crippen LogP contribution >= 0.6 is 0 Å². The summed E-state index contributed by atoms with van der Waals surface area (Å²) in [5.41, 5.74) is 3.22. The van der Waals surface area contributed by atoms with Gasteiger partial charge in [0.1, 0.15) is 17.1 Å². The molecule has 1 heterocycles. The molecular formula is C19H19NO3. The maximum absolute atomic E-state index is 12.7. The molecule has 23 heavy (non-hydrogen) atoms. The Morgan fingerprint density at radius 1 is 1.17 bits per heavy atom. The molecule has 0 spiro atoms. The molecule has 0 fully saturated rings. The fourth-order valence-electron chi connectivity index (χ4n) is 2.63. The van der Waals surface area contributed by atoms with E-state index in [-0.39, 0.29) is 5.91 Å². The molecule has 0 radical (unpaired) electrons. The Kier molecular flexibility index (Phi) is 4.06. The molecule has 4 nitrogen and oxygen atoms in total. The van der Waals surface area contributed by atoms with Crippen molar-refractivity contribution >= 4 is 22.6 Å². The van der Waals surface area contributed by atoms with Crippen LogP contribution in [0.15, 0.2) is 46.9 Å². The van der Waals surface area contributed by atoms with Crippen LogP contribution in [0.2, 0.25) is 0 Å². The van der Waals surface area contributed by atoms with Crippen molar-refractivity contribution in [2.45, 2.75) is 20.3 Å². The SMILES string of the molecule is CCc1ccc(NC(=O)c2c(C)oc3ccc(OC)cc23)cc1. The summed E-state index contributed by atoms with van der Waals surface area (Å²) in [6.07, 6.45) is 0.972. The molecule has 3 aromatic rings. The van der Waals surface area contributed by atoms with Crippen molar-refractivity contribution in [1.29, 1.82) is 0 Å². The number of methoxy groups -OCH3 is 1. The number of ether oxygens (including phenoxy) is 1. The molecule has 1 amide bonds. The normalized spacial score (nSPS) is 10.7. The Hall–Kier alpha value is -2.75. The van der Waals surface area contributed by atoms with Gasteiger partial charge < -0.3 is 14.5 Å². The number of rotatable bonds is 4. The predicted molar refractivity (Wildman–Crippen MR) is 91.3 cm³/mol. The lowest BCUT2D eigenvalue weighted by atomic mass is 10.1. The summed E-state index contributed by atoms with van der Waals surface area (Å²) < 4.78 is 10.9. The zero-order chi connectivity index (χ0) is 16.4. The first-order valence-electron chi connectivity index (χ1n) is 7.59. The van der Waals surface area contributed by atoms with Crippen LogP contribution in [0, 0.1) is 6.92 Å². The first kappa shape index (κ1) is 15.2. The second-order valence-electron chi connectivity index (χ2n) is 5.40. The Balaban J connectivity index is 1.94. The van der Waals surface area contributed by atoms with E-state index < -0.39 is 0 Å². The zero-order valence-corrected chi connectivity index (χ0v) is 13.5. The molecule has 0 aliphatic carbocycles. The fraction of sp³-hybridized carbons (Fsp3) is 0.211. The van der Waals surface area contributed by atoms with Crippen LogP contribution in [0.1, 0.15) is 28.6 Å². The number of fused-ring (bicyclic) bond motifs is 1. The molecular weight excluding hydrogens is 290 g/mol. The summed E-state index contributed by atoms with van der Waals surface area (Å²) in [5.74, 6) is 1.11. The van der Waals surface area contributed by atoms with Crippen molar-refractivity contribution in [2.75, 3.05) is 12.4 Å². The molecule has 0 unspecified atom stereocenters. The quantitative estimate of drug-likeness (QED) is 0.768. The van der Waals surface area contributed by atoms with Gasteiger partial charge in [0.15, 0.2) is 0 Å². The third kappa shape index (κ3) is 2.93. The number of carbonyl (C=O) groups is 1. The molecule has 0 saturated heterocycles. The van der Waals surface area contributed by atoms with E-state index in [1.807, 2.05) is 42.5 Å². The van der Waals surface area contributed by atoms with Crippen LogP contribution in [-0.4, -0.2) is 13.0 Å². The van der Waals surface area contributed by atoms with Gasteiger partial charge in [-0.1, -0.05) is 19.1 Å². The summed E-state index contributed by atoms with van der Waals surface area (Å²) in [5, 5.41) is 3.68. The molecule has 4 heteroatoms. The van der Waals surface area contributed by atoms with Crippen LogP contribution in [0.5, 0.6) is 5.75 Å². The number of nitrogens with one attached hydrogen (secondary N) is 1. The first-order valence-corrected chi connectivity index (χ1v) is 7.59. The minimum Gasteiger partial charge on any atom is -0.497 e. The van der Waals surface area contributed by atoms with Crippen molar-refractivity contribution in [3.8, 4) is 5.75 Å². The molecule has 0 saturated carbocycles. The van der Waals surface area contributed by atoms with Crippen LogP contribution in [0.3, 0.4) is 0 Å². The number of hydrogen-bond acceptors (Lipinski definition) is 3. The van der Waals surface area contributed by atoms with E-state index in [1.165, 1.54) is 5.56 Å². The Morgan fingerprint density at radius 3 is 2.57 bits per heavy atom. The number of furan rings is 1. The van der Waals surface area contributed by atoms with Gasteiger partial charge in [0, 0.05) is 11.1 Å². The maximum atomic E-state index is 12.7. The summed E-state index contributed by atoms with van der Waals surface area (Å²) >= 11 is 0. The number of amides is 1. The summed E-state index contributed by atoms with van der Waals surface area (Å²) in [7, 11) is 1.60. The summed E-state index contributed by atoms with van der Waals surface area (Å²) in [4.78, 5) is 12.7. The average molecular weight is 309 g/mol. The van der Waals surface area contributed by atoms with Gasteiger partial charge in [-0.05, 0) is 49.2 Å². The summed E-state index contributed by atoms with van der Waals surface area (Å²) in [6, 6.07) is 13.3. The highest BCUT2D eigenvalue weighted by Gasteiger charge is 2.19. The van der Waals surface area contributed by atoms with Gasteiger partial charge in [-0.3, -0.25) is 4.79 Å². The largest absolute Gasteiger partial charge is 0.497 e. The van der Waals surface area contributed by atoms with E-state index in [0.717, 1.165) is 17.5 Å². The minimum atomic E-state index is -0.182. The van der Waals surface area contributed by atoms with Gasteiger partial charge in [-0.25, -0.2) is 0 Å². The predicted octanol–water partition coefficient (Wildman–Crippen LogP) is 4.56. The average Bonchev–Trinajstić information content (AvgIpc) is 2.90. The van der Waals surface area contributed by atoms with Gasteiger partial charge in [-0.2, -0.15) is 0 Å². The molecule has 1 N–H and O–H groups in total. The van der Waals surface area contributed by atoms with Gasteiger partial charge in [-0.15, -0.1) is 0 Å². The molecule has 1 aromatic heterocycles.